The van der Waals surface area contributed by atoms with E-state index in [4.69, 9.17) is 5.26 Å². The van der Waals surface area contributed by atoms with Gasteiger partial charge in [0.1, 0.15) is 0 Å². The molecule has 3 heteroatoms. The average molecular weight is 229 g/mol. The third-order valence-corrected chi connectivity index (χ3v) is 3.83. The fourth-order valence-electron chi connectivity index (χ4n) is 2.26. The molecule has 90 valence electrons. The molecule has 0 atom stereocenters. The normalized spacial score (nSPS) is 18.8. The van der Waals surface area contributed by atoms with Gasteiger partial charge >= 0.3 is 0 Å². The van der Waals surface area contributed by atoms with E-state index in [1.54, 1.807) is 0 Å². The van der Waals surface area contributed by atoms with Gasteiger partial charge in [-0.2, -0.15) is 5.26 Å². The van der Waals surface area contributed by atoms with E-state index in [2.05, 4.69) is 23.2 Å². The van der Waals surface area contributed by atoms with Crippen LogP contribution in [0.5, 0.6) is 0 Å². The molecule has 0 bridgehead atoms. The molecule has 1 heterocycles. The van der Waals surface area contributed by atoms with E-state index in [9.17, 15) is 0 Å². The molecule has 1 N–H and O–H groups in total. The standard InChI is InChI=1S/C14H19N3/c1-14(16-2)7-9-17(10-8-14)13-5-3-12(11-15)4-6-13/h3-6,16H,7-10H2,1-2H3. The van der Waals surface area contributed by atoms with Crippen LogP contribution in [0.2, 0.25) is 0 Å². The molecule has 17 heavy (non-hydrogen) atoms. The van der Waals surface area contributed by atoms with Gasteiger partial charge in [0.15, 0.2) is 0 Å². The van der Waals surface area contributed by atoms with Crippen LogP contribution in [0.25, 0.3) is 0 Å². The van der Waals surface area contributed by atoms with Crippen LogP contribution >= 0.6 is 0 Å². The monoisotopic (exact) mass is 229 g/mol. The van der Waals surface area contributed by atoms with Crippen molar-refractivity contribution in [3.05, 3.63) is 29.8 Å². The van der Waals surface area contributed by atoms with Crippen molar-refractivity contribution in [1.82, 2.24) is 5.32 Å². The Morgan fingerprint density at radius 3 is 2.29 bits per heavy atom. The van der Waals surface area contributed by atoms with E-state index in [-0.39, 0.29) is 5.54 Å². The van der Waals surface area contributed by atoms with Gasteiger partial charge in [-0.1, -0.05) is 0 Å². The van der Waals surface area contributed by atoms with E-state index >= 15 is 0 Å². The van der Waals surface area contributed by atoms with Crippen molar-refractivity contribution in [2.75, 3.05) is 25.0 Å². The van der Waals surface area contributed by atoms with Gasteiger partial charge in [-0.25, -0.2) is 0 Å². The summed E-state index contributed by atoms with van der Waals surface area (Å²) in [6, 6.07) is 10.0. The topological polar surface area (TPSA) is 39.1 Å². The van der Waals surface area contributed by atoms with Crippen LogP contribution in [0.4, 0.5) is 5.69 Å². The third kappa shape index (κ3) is 2.59. The molecule has 0 spiro atoms. The second-order valence-electron chi connectivity index (χ2n) is 4.96. The van der Waals surface area contributed by atoms with E-state index in [0.717, 1.165) is 31.5 Å². The SMILES string of the molecule is CNC1(C)CCN(c2ccc(C#N)cc2)CC1. The number of piperidine rings is 1. The van der Waals surface area contributed by atoms with Crippen LogP contribution in [-0.4, -0.2) is 25.7 Å². The fraction of sp³-hybridized carbons (Fsp3) is 0.500. The summed E-state index contributed by atoms with van der Waals surface area (Å²) in [5.41, 5.74) is 2.23. The average Bonchev–Trinajstić information content (AvgIpc) is 2.40. The Morgan fingerprint density at radius 1 is 1.24 bits per heavy atom. The molecule has 3 nitrogen and oxygen atoms in total. The minimum atomic E-state index is 0.281. The highest BCUT2D eigenvalue weighted by molar-refractivity contribution is 5.50. The number of nitrogens with one attached hydrogen (secondary N) is 1. The number of nitrogens with zero attached hydrogens (tertiary/aromatic N) is 2. The molecule has 0 radical (unpaired) electrons. The van der Waals surface area contributed by atoms with Crippen molar-refractivity contribution in [3.63, 3.8) is 0 Å². The van der Waals surface area contributed by atoms with Crippen molar-refractivity contribution in [2.45, 2.75) is 25.3 Å². The highest BCUT2D eigenvalue weighted by atomic mass is 15.2. The highest BCUT2D eigenvalue weighted by Crippen LogP contribution is 2.25. The molecule has 2 rings (SSSR count). The van der Waals surface area contributed by atoms with Crippen molar-refractivity contribution in [2.24, 2.45) is 0 Å². The summed E-state index contributed by atoms with van der Waals surface area (Å²) in [6.45, 7) is 4.43. The first-order valence-corrected chi connectivity index (χ1v) is 6.11. The molecule has 0 aromatic heterocycles. The van der Waals surface area contributed by atoms with Crippen molar-refractivity contribution >= 4 is 5.69 Å². The smallest absolute Gasteiger partial charge is 0.0991 e. The predicted molar refractivity (Wildman–Crippen MR) is 70.1 cm³/mol. The number of benzene rings is 1. The van der Waals surface area contributed by atoms with Crippen molar-refractivity contribution in [3.8, 4) is 6.07 Å². The Bertz CT molecular complexity index is 408. The molecule has 1 aliphatic heterocycles. The Kier molecular flexibility index (Phi) is 3.35. The van der Waals surface area contributed by atoms with Gasteiger partial charge in [-0.05, 0) is 51.1 Å². The van der Waals surface area contributed by atoms with E-state index < -0.39 is 0 Å². The number of hydrogen-bond donors (Lipinski definition) is 1. The summed E-state index contributed by atoms with van der Waals surface area (Å²) in [7, 11) is 2.04. The largest absolute Gasteiger partial charge is 0.371 e. The van der Waals surface area contributed by atoms with Crippen LogP contribution in [-0.2, 0) is 0 Å². The lowest BCUT2D eigenvalue weighted by Crippen LogP contribution is -2.50. The van der Waals surface area contributed by atoms with Gasteiger partial charge in [0.2, 0.25) is 0 Å². The molecule has 0 saturated carbocycles. The summed E-state index contributed by atoms with van der Waals surface area (Å²) in [5.74, 6) is 0. The number of hydrogen-bond acceptors (Lipinski definition) is 3. The van der Waals surface area contributed by atoms with Crippen molar-refractivity contribution in [1.29, 1.82) is 5.26 Å². The molecule has 1 saturated heterocycles. The summed E-state index contributed by atoms with van der Waals surface area (Å²) < 4.78 is 0. The van der Waals surface area contributed by atoms with Crippen LogP contribution < -0.4 is 10.2 Å². The molecule has 0 aliphatic carbocycles. The maximum absolute atomic E-state index is 8.77. The Labute approximate surface area is 103 Å². The molecule has 1 fully saturated rings. The lowest BCUT2D eigenvalue weighted by molar-refractivity contribution is 0.305. The Balaban J connectivity index is 2.03. The van der Waals surface area contributed by atoms with Crippen LogP contribution in [0.3, 0.4) is 0 Å². The lowest BCUT2D eigenvalue weighted by Gasteiger charge is -2.40. The van der Waals surface area contributed by atoms with Gasteiger partial charge < -0.3 is 10.2 Å². The summed E-state index contributed by atoms with van der Waals surface area (Å²) >= 11 is 0. The maximum Gasteiger partial charge on any atom is 0.0991 e. The van der Waals surface area contributed by atoms with Crippen LogP contribution in [0, 0.1) is 11.3 Å². The Morgan fingerprint density at radius 2 is 1.82 bits per heavy atom. The lowest BCUT2D eigenvalue weighted by atomic mass is 9.89. The van der Waals surface area contributed by atoms with Gasteiger partial charge in [-0.3, -0.25) is 0 Å². The van der Waals surface area contributed by atoms with E-state index in [0.29, 0.717) is 0 Å². The zero-order valence-corrected chi connectivity index (χ0v) is 10.5. The molecule has 1 aliphatic rings. The molecular weight excluding hydrogens is 210 g/mol. The first kappa shape index (κ1) is 11.9. The number of nitriles is 1. The summed E-state index contributed by atoms with van der Waals surface area (Å²) in [5, 5.41) is 12.2. The minimum Gasteiger partial charge on any atom is -0.371 e. The molecule has 1 aromatic rings. The molecular formula is C14H19N3. The predicted octanol–water partition coefficient (Wildman–Crippen LogP) is 2.14. The maximum atomic E-state index is 8.77. The van der Waals surface area contributed by atoms with Crippen molar-refractivity contribution < 1.29 is 0 Å². The summed E-state index contributed by atoms with van der Waals surface area (Å²) in [4.78, 5) is 2.39. The number of anilines is 1. The zero-order valence-electron chi connectivity index (χ0n) is 10.5. The van der Waals surface area contributed by atoms with Gasteiger partial charge in [-0.15, -0.1) is 0 Å². The van der Waals surface area contributed by atoms with Gasteiger partial charge in [0, 0.05) is 24.3 Å². The molecule has 0 amide bonds. The fourth-order valence-corrected chi connectivity index (χ4v) is 2.26. The second-order valence-corrected chi connectivity index (χ2v) is 4.96. The number of rotatable bonds is 2. The quantitative estimate of drug-likeness (QED) is 0.844. The first-order chi connectivity index (χ1) is 8.17. The first-order valence-electron chi connectivity index (χ1n) is 6.11. The van der Waals surface area contributed by atoms with E-state index in [1.807, 2.05) is 31.3 Å². The molecule has 0 unspecified atom stereocenters. The third-order valence-electron chi connectivity index (χ3n) is 3.83. The zero-order chi connectivity index (χ0) is 12.3. The Hall–Kier alpha value is -1.53. The minimum absolute atomic E-state index is 0.281. The highest BCUT2D eigenvalue weighted by Gasteiger charge is 2.28. The van der Waals surface area contributed by atoms with Gasteiger partial charge in [0.05, 0.1) is 11.6 Å². The van der Waals surface area contributed by atoms with Crippen LogP contribution in [0.15, 0.2) is 24.3 Å². The summed E-state index contributed by atoms with van der Waals surface area (Å²) in [6.07, 6.45) is 2.31. The van der Waals surface area contributed by atoms with Gasteiger partial charge in [0.25, 0.3) is 0 Å². The van der Waals surface area contributed by atoms with Crippen LogP contribution in [0.1, 0.15) is 25.3 Å². The van der Waals surface area contributed by atoms with E-state index in [1.165, 1.54) is 5.69 Å². The molecule has 1 aromatic carbocycles. The second kappa shape index (κ2) is 4.77.